The lowest BCUT2D eigenvalue weighted by Crippen LogP contribution is -2.23. The quantitative estimate of drug-likeness (QED) is 0.686. The Labute approximate surface area is 169 Å². The van der Waals surface area contributed by atoms with Gasteiger partial charge in [0.15, 0.2) is 6.61 Å². The van der Waals surface area contributed by atoms with Gasteiger partial charge in [0.1, 0.15) is 0 Å². The van der Waals surface area contributed by atoms with Crippen molar-refractivity contribution in [3.05, 3.63) is 64.2 Å². The summed E-state index contributed by atoms with van der Waals surface area (Å²) in [7, 11) is 0. The third-order valence-corrected chi connectivity index (χ3v) is 3.86. The van der Waals surface area contributed by atoms with Crippen LogP contribution in [-0.4, -0.2) is 24.4 Å². The average Bonchev–Trinajstić information content (AvgIpc) is 2.65. The van der Waals surface area contributed by atoms with Crippen molar-refractivity contribution < 1.29 is 32.3 Å². The molecule has 154 valence electrons. The van der Waals surface area contributed by atoms with Crippen LogP contribution in [0, 0.1) is 0 Å². The van der Waals surface area contributed by atoms with Crippen LogP contribution in [0.15, 0.2) is 42.5 Å². The number of hydrogen-bond donors (Lipinski definition) is 2. The minimum Gasteiger partial charge on any atom is -0.452 e. The molecule has 2 rings (SSSR count). The predicted molar refractivity (Wildman–Crippen MR) is 99.3 cm³/mol. The Morgan fingerprint density at radius 1 is 1.07 bits per heavy atom. The highest BCUT2D eigenvalue weighted by atomic mass is 35.5. The molecular weight excluding hydrogens is 413 g/mol. The minimum absolute atomic E-state index is 0.135. The van der Waals surface area contributed by atoms with E-state index in [1.165, 1.54) is 25.1 Å². The summed E-state index contributed by atoms with van der Waals surface area (Å²) in [6.45, 7) is 0.889. The molecule has 0 bridgehead atoms. The molecule has 0 aliphatic rings. The molecule has 2 amide bonds. The SMILES string of the molecule is CC(=O)NCc1ccc(C(=O)OCC(=O)Nc2ccc(Cl)cc2C(F)(F)F)cc1. The van der Waals surface area contributed by atoms with Gasteiger partial charge in [0.05, 0.1) is 16.8 Å². The van der Waals surface area contributed by atoms with E-state index in [0.29, 0.717) is 6.07 Å². The number of nitrogens with one attached hydrogen (secondary N) is 2. The molecule has 0 unspecified atom stereocenters. The van der Waals surface area contributed by atoms with Crippen molar-refractivity contribution in [3.8, 4) is 0 Å². The monoisotopic (exact) mass is 428 g/mol. The summed E-state index contributed by atoms with van der Waals surface area (Å²) < 4.78 is 43.9. The van der Waals surface area contributed by atoms with E-state index in [1.807, 2.05) is 0 Å². The van der Waals surface area contributed by atoms with Crippen LogP contribution < -0.4 is 10.6 Å². The van der Waals surface area contributed by atoms with Gasteiger partial charge < -0.3 is 15.4 Å². The number of carbonyl (C=O) groups is 3. The maximum atomic E-state index is 13.0. The molecule has 0 fully saturated rings. The van der Waals surface area contributed by atoms with Crippen molar-refractivity contribution in [1.82, 2.24) is 5.32 Å². The van der Waals surface area contributed by atoms with Gasteiger partial charge in [-0.3, -0.25) is 9.59 Å². The third kappa shape index (κ3) is 6.79. The smallest absolute Gasteiger partial charge is 0.418 e. The van der Waals surface area contributed by atoms with Gasteiger partial charge in [-0.15, -0.1) is 0 Å². The van der Waals surface area contributed by atoms with Crippen LogP contribution in [0.4, 0.5) is 18.9 Å². The number of halogens is 4. The Morgan fingerprint density at radius 2 is 1.72 bits per heavy atom. The highest BCUT2D eigenvalue weighted by molar-refractivity contribution is 6.30. The molecule has 0 saturated carbocycles. The zero-order valence-electron chi connectivity index (χ0n) is 15.1. The fourth-order valence-electron chi connectivity index (χ4n) is 2.25. The Balaban J connectivity index is 1.94. The number of hydrogen-bond acceptors (Lipinski definition) is 4. The molecule has 0 spiro atoms. The lowest BCUT2D eigenvalue weighted by Gasteiger charge is -2.14. The molecule has 2 aromatic carbocycles. The number of anilines is 1. The molecule has 6 nitrogen and oxygen atoms in total. The fraction of sp³-hybridized carbons (Fsp3) is 0.211. The van der Waals surface area contributed by atoms with Crippen LogP contribution in [0.3, 0.4) is 0 Å². The van der Waals surface area contributed by atoms with E-state index >= 15 is 0 Å². The molecule has 0 atom stereocenters. The van der Waals surface area contributed by atoms with Gasteiger partial charge in [0.2, 0.25) is 5.91 Å². The standard InChI is InChI=1S/C19H16ClF3N2O4/c1-11(26)24-9-12-2-4-13(5-3-12)18(28)29-10-17(27)25-16-7-6-14(20)8-15(16)19(21,22)23/h2-8H,9-10H2,1H3,(H,24,26)(H,25,27). The summed E-state index contributed by atoms with van der Waals surface area (Å²) in [5.41, 5.74) is -0.714. The molecule has 0 aliphatic heterocycles. The zero-order valence-corrected chi connectivity index (χ0v) is 15.9. The van der Waals surface area contributed by atoms with Crippen molar-refractivity contribution >= 4 is 35.1 Å². The summed E-state index contributed by atoms with van der Waals surface area (Å²) in [5.74, 6) is -1.96. The molecule has 0 saturated heterocycles. The number of rotatable bonds is 6. The molecule has 10 heteroatoms. The molecular formula is C19H16ClF3N2O4. The van der Waals surface area contributed by atoms with Crippen LogP contribution in [0.25, 0.3) is 0 Å². The van der Waals surface area contributed by atoms with E-state index in [9.17, 15) is 27.6 Å². The van der Waals surface area contributed by atoms with Crippen molar-refractivity contribution in [2.45, 2.75) is 19.6 Å². The van der Waals surface area contributed by atoms with E-state index < -0.39 is 35.9 Å². The first kappa shape index (κ1) is 22.2. The van der Waals surface area contributed by atoms with Crippen molar-refractivity contribution in [1.29, 1.82) is 0 Å². The number of esters is 1. The molecule has 29 heavy (non-hydrogen) atoms. The number of carbonyl (C=O) groups excluding carboxylic acids is 3. The lowest BCUT2D eigenvalue weighted by molar-refractivity contribution is -0.137. The summed E-state index contributed by atoms with van der Waals surface area (Å²) in [5, 5.41) is 4.51. The molecule has 0 radical (unpaired) electrons. The number of alkyl halides is 3. The first-order valence-electron chi connectivity index (χ1n) is 8.23. The topological polar surface area (TPSA) is 84.5 Å². The third-order valence-electron chi connectivity index (χ3n) is 3.63. The second-order valence-corrected chi connectivity index (χ2v) is 6.36. The van der Waals surface area contributed by atoms with Crippen molar-refractivity contribution in [2.75, 3.05) is 11.9 Å². The minimum atomic E-state index is -4.72. The Bertz CT molecular complexity index is 915. The van der Waals surface area contributed by atoms with Crippen LogP contribution in [0.2, 0.25) is 5.02 Å². The second-order valence-electron chi connectivity index (χ2n) is 5.92. The summed E-state index contributed by atoms with van der Waals surface area (Å²) in [6.07, 6.45) is -4.72. The van der Waals surface area contributed by atoms with Gasteiger partial charge >= 0.3 is 12.1 Å². The second kappa shape index (κ2) is 9.42. The molecule has 2 aromatic rings. The number of amides is 2. The predicted octanol–water partition coefficient (Wildman–Crippen LogP) is 3.79. The Hall–Kier alpha value is -3.07. The molecule has 0 aliphatic carbocycles. The van der Waals surface area contributed by atoms with Gasteiger partial charge in [-0.05, 0) is 35.9 Å². The van der Waals surface area contributed by atoms with E-state index in [2.05, 4.69) is 10.6 Å². The van der Waals surface area contributed by atoms with Gasteiger partial charge in [-0.25, -0.2) is 4.79 Å². The molecule has 0 aromatic heterocycles. The van der Waals surface area contributed by atoms with Gasteiger partial charge in [0.25, 0.3) is 5.91 Å². The van der Waals surface area contributed by atoms with Crippen molar-refractivity contribution in [3.63, 3.8) is 0 Å². The lowest BCUT2D eigenvalue weighted by atomic mass is 10.1. The van der Waals surface area contributed by atoms with E-state index in [4.69, 9.17) is 16.3 Å². The van der Waals surface area contributed by atoms with Crippen LogP contribution in [-0.2, 0) is 27.0 Å². The fourth-order valence-corrected chi connectivity index (χ4v) is 2.42. The van der Waals surface area contributed by atoms with Crippen LogP contribution >= 0.6 is 11.6 Å². The summed E-state index contributed by atoms with van der Waals surface area (Å²) >= 11 is 5.57. The Kier molecular flexibility index (Phi) is 7.22. The van der Waals surface area contributed by atoms with E-state index in [1.54, 1.807) is 12.1 Å². The maximum Gasteiger partial charge on any atom is 0.418 e. The normalized spacial score (nSPS) is 10.9. The van der Waals surface area contributed by atoms with Gasteiger partial charge in [0, 0.05) is 18.5 Å². The van der Waals surface area contributed by atoms with Crippen LogP contribution in [0.1, 0.15) is 28.4 Å². The zero-order chi connectivity index (χ0) is 21.6. The van der Waals surface area contributed by atoms with Crippen LogP contribution in [0.5, 0.6) is 0 Å². The number of ether oxygens (including phenoxy) is 1. The Morgan fingerprint density at radius 3 is 2.31 bits per heavy atom. The summed E-state index contributed by atoms with van der Waals surface area (Å²) in [6, 6.07) is 8.97. The maximum absolute atomic E-state index is 13.0. The first-order valence-corrected chi connectivity index (χ1v) is 8.61. The van der Waals surface area contributed by atoms with E-state index in [-0.39, 0.29) is 23.0 Å². The highest BCUT2D eigenvalue weighted by Gasteiger charge is 2.34. The highest BCUT2D eigenvalue weighted by Crippen LogP contribution is 2.36. The molecule has 2 N–H and O–H groups in total. The van der Waals surface area contributed by atoms with Gasteiger partial charge in [-0.2, -0.15) is 13.2 Å². The van der Waals surface area contributed by atoms with Gasteiger partial charge in [-0.1, -0.05) is 23.7 Å². The first-order chi connectivity index (χ1) is 13.6. The average molecular weight is 429 g/mol. The summed E-state index contributed by atoms with van der Waals surface area (Å²) in [4.78, 5) is 34.7. The molecule has 0 heterocycles. The largest absolute Gasteiger partial charge is 0.452 e. The van der Waals surface area contributed by atoms with Crippen molar-refractivity contribution in [2.24, 2.45) is 0 Å². The van der Waals surface area contributed by atoms with E-state index in [0.717, 1.165) is 11.6 Å². The number of benzene rings is 2.